The van der Waals surface area contributed by atoms with Crippen molar-refractivity contribution in [2.45, 2.75) is 44.2 Å². The summed E-state index contributed by atoms with van der Waals surface area (Å²) in [6, 6.07) is 20.5. The van der Waals surface area contributed by atoms with Gasteiger partial charge in [-0.05, 0) is 67.0 Å². The number of carbonyl (C=O) groups excluding carboxylic acids is 1. The van der Waals surface area contributed by atoms with E-state index in [4.69, 9.17) is 9.47 Å². The molecule has 0 atom stereocenters. The van der Waals surface area contributed by atoms with Gasteiger partial charge in [0.05, 0.1) is 5.56 Å². The molecule has 1 amide bonds. The number of nitrogens with zero attached hydrogens (tertiary/aromatic N) is 2. The van der Waals surface area contributed by atoms with Crippen molar-refractivity contribution in [2.75, 3.05) is 6.79 Å². The molecule has 1 aliphatic heterocycles. The maximum atomic E-state index is 13.5. The fourth-order valence-electron chi connectivity index (χ4n) is 4.70. The highest BCUT2D eigenvalue weighted by Gasteiger charge is 2.30. The van der Waals surface area contributed by atoms with Crippen LogP contribution in [0.2, 0.25) is 0 Å². The molecule has 0 saturated heterocycles. The number of ether oxygens (including phenoxy) is 2. The number of amides is 1. The van der Waals surface area contributed by atoms with Gasteiger partial charge in [-0.3, -0.25) is 9.78 Å². The van der Waals surface area contributed by atoms with Crippen LogP contribution in [0.5, 0.6) is 11.5 Å². The molecule has 0 spiro atoms. The molecule has 2 aromatic carbocycles. The van der Waals surface area contributed by atoms with Crippen LogP contribution in [0.1, 0.15) is 53.1 Å². The first-order chi connectivity index (χ1) is 15.3. The number of carbonyl (C=O) groups is 1. The van der Waals surface area contributed by atoms with Crippen LogP contribution in [-0.2, 0) is 6.54 Å². The molecule has 3 aromatic rings. The second kappa shape index (κ2) is 8.80. The lowest BCUT2D eigenvalue weighted by atomic mass is 9.81. The van der Waals surface area contributed by atoms with Gasteiger partial charge >= 0.3 is 0 Å². The fraction of sp³-hybridized carbons (Fsp3) is 0.308. The van der Waals surface area contributed by atoms with Gasteiger partial charge in [0.1, 0.15) is 0 Å². The van der Waals surface area contributed by atoms with E-state index in [1.807, 2.05) is 35.2 Å². The molecule has 5 nitrogen and oxygen atoms in total. The van der Waals surface area contributed by atoms with Crippen molar-refractivity contribution in [3.8, 4) is 11.5 Å². The molecule has 1 fully saturated rings. The summed E-state index contributed by atoms with van der Waals surface area (Å²) >= 11 is 0. The van der Waals surface area contributed by atoms with E-state index >= 15 is 0 Å². The number of pyridine rings is 1. The van der Waals surface area contributed by atoms with Crippen LogP contribution >= 0.6 is 0 Å². The summed E-state index contributed by atoms with van der Waals surface area (Å²) in [6.45, 7) is 0.797. The van der Waals surface area contributed by atoms with E-state index in [9.17, 15) is 4.79 Å². The third kappa shape index (κ3) is 4.26. The Kier molecular flexibility index (Phi) is 5.57. The van der Waals surface area contributed by atoms with E-state index in [1.54, 1.807) is 12.4 Å². The van der Waals surface area contributed by atoms with E-state index < -0.39 is 0 Å². The van der Waals surface area contributed by atoms with Crippen molar-refractivity contribution < 1.29 is 14.3 Å². The summed E-state index contributed by atoms with van der Waals surface area (Å²) in [5, 5.41) is 0. The minimum Gasteiger partial charge on any atom is -0.454 e. The summed E-state index contributed by atoms with van der Waals surface area (Å²) in [7, 11) is 0. The molecule has 0 unspecified atom stereocenters. The van der Waals surface area contributed by atoms with Crippen molar-refractivity contribution >= 4 is 5.91 Å². The van der Waals surface area contributed by atoms with Gasteiger partial charge in [0, 0.05) is 25.0 Å². The van der Waals surface area contributed by atoms with Crippen LogP contribution in [0, 0.1) is 0 Å². The zero-order valence-corrected chi connectivity index (χ0v) is 17.4. The molecule has 1 saturated carbocycles. The van der Waals surface area contributed by atoms with Crippen molar-refractivity contribution in [3.63, 3.8) is 0 Å². The van der Waals surface area contributed by atoms with Crippen molar-refractivity contribution in [1.29, 1.82) is 0 Å². The van der Waals surface area contributed by atoms with Gasteiger partial charge in [-0.2, -0.15) is 0 Å². The standard InChI is InChI=1S/C26H26N2O3/c29-26(22-7-4-14-27-16-22)28(17-19-8-13-24-25(15-19)31-18-30-24)23-11-9-21(10-12-23)20-5-2-1-3-6-20/h1-8,13-16,21,23H,9-12,17-18H2. The number of hydrogen-bond acceptors (Lipinski definition) is 4. The predicted molar refractivity (Wildman–Crippen MR) is 118 cm³/mol. The summed E-state index contributed by atoms with van der Waals surface area (Å²) in [4.78, 5) is 19.6. The summed E-state index contributed by atoms with van der Waals surface area (Å²) in [5.41, 5.74) is 3.09. The number of aromatic nitrogens is 1. The molecule has 1 aromatic heterocycles. The number of rotatable bonds is 5. The topological polar surface area (TPSA) is 51.7 Å². The lowest BCUT2D eigenvalue weighted by Crippen LogP contribution is -2.41. The van der Waals surface area contributed by atoms with Crippen LogP contribution in [-0.4, -0.2) is 28.6 Å². The maximum absolute atomic E-state index is 13.5. The number of fused-ring (bicyclic) bond motifs is 1. The van der Waals surface area contributed by atoms with Gasteiger partial charge in [-0.1, -0.05) is 36.4 Å². The lowest BCUT2D eigenvalue weighted by Gasteiger charge is -2.37. The maximum Gasteiger partial charge on any atom is 0.255 e. The Morgan fingerprint density at radius 2 is 1.74 bits per heavy atom. The van der Waals surface area contributed by atoms with Gasteiger partial charge in [-0.15, -0.1) is 0 Å². The predicted octanol–water partition coefficient (Wildman–Crippen LogP) is 5.18. The molecule has 5 rings (SSSR count). The molecule has 0 radical (unpaired) electrons. The minimum atomic E-state index is 0.0360. The first-order valence-corrected chi connectivity index (χ1v) is 10.9. The Bertz CT molecular complexity index is 1030. The zero-order chi connectivity index (χ0) is 21.0. The quantitative estimate of drug-likeness (QED) is 0.577. The Labute approximate surface area is 182 Å². The normalized spacial score (nSPS) is 19.7. The average molecular weight is 415 g/mol. The summed E-state index contributed by atoms with van der Waals surface area (Å²) < 4.78 is 11.0. The van der Waals surface area contributed by atoms with Crippen LogP contribution < -0.4 is 9.47 Å². The van der Waals surface area contributed by atoms with Crippen molar-refractivity contribution in [1.82, 2.24) is 9.88 Å². The average Bonchev–Trinajstić information content (AvgIpc) is 3.31. The Hall–Kier alpha value is -3.34. The molecule has 5 heteroatoms. The van der Waals surface area contributed by atoms with E-state index in [-0.39, 0.29) is 18.7 Å². The molecule has 0 bridgehead atoms. The van der Waals surface area contributed by atoms with E-state index in [0.29, 0.717) is 18.0 Å². The molecule has 2 aliphatic rings. The smallest absolute Gasteiger partial charge is 0.255 e. The van der Waals surface area contributed by atoms with Crippen LogP contribution in [0.25, 0.3) is 0 Å². The second-order valence-corrected chi connectivity index (χ2v) is 8.28. The van der Waals surface area contributed by atoms with Gasteiger partial charge in [-0.25, -0.2) is 0 Å². The highest BCUT2D eigenvalue weighted by molar-refractivity contribution is 5.94. The van der Waals surface area contributed by atoms with Gasteiger partial charge in [0.25, 0.3) is 5.91 Å². The molecule has 31 heavy (non-hydrogen) atoms. The summed E-state index contributed by atoms with van der Waals surface area (Å²) in [6.07, 6.45) is 7.53. The highest BCUT2D eigenvalue weighted by atomic mass is 16.7. The molecule has 158 valence electrons. The van der Waals surface area contributed by atoms with E-state index in [1.165, 1.54) is 5.56 Å². The fourth-order valence-corrected chi connectivity index (χ4v) is 4.70. The minimum absolute atomic E-state index is 0.0360. The van der Waals surface area contributed by atoms with Gasteiger partial charge in [0.2, 0.25) is 6.79 Å². The molecule has 0 N–H and O–H groups in total. The van der Waals surface area contributed by atoms with E-state index in [0.717, 1.165) is 42.7 Å². The summed E-state index contributed by atoms with van der Waals surface area (Å²) in [5.74, 6) is 2.11. The third-order valence-electron chi connectivity index (χ3n) is 6.37. The zero-order valence-electron chi connectivity index (χ0n) is 17.4. The lowest BCUT2D eigenvalue weighted by molar-refractivity contribution is 0.0605. The first kappa shape index (κ1) is 19.6. The number of hydrogen-bond donors (Lipinski definition) is 0. The second-order valence-electron chi connectivity index (χ2n) is 8.28. The van der Waals surface area contributed by atoms with Crippen molar-refractivity contribution in [2.24, 2.45) is 0 Å². The SMILES string of the molecule is O=C(c1cccnc1)N(Cc1ccc2c(c1)OCO2)C1CCC(c2ccccc2)CC1. The molecular weight excluding hydrogens is 388 g/mol. The Balaban J connectivity index is 1.36. The Morgan fingerprint density at radius 1 is 0.935 bits per heavy atom. The number of benzene rings is 2. The van der Waals surface area contributed by atoms with Crippen molar-refractivity contribution in [3.05, 3.63) is 89.7 Å². The van der Waals surface area contributed by atoms with E-state index in [2.05, 4.69) is 35.3 Å². The Morgan fingerprint density at radius 3 is 2.52 bits per heavy atom. The molecule has 2 heterocycles. The highest BCUT2D eigenvalue weighted by Crippen LogP contribution is 2.37. The molecular formula is C26H26N2O3. The van der Waals surface area contributed by atoms with Gasteiger partial charge < -0.3 is 14.4 Å². The van der Waals surface area contributed by atoms with Crippen LogP contribution in [0.15, 0.2) is 73.1 Å². The van der Waals surface area contributed by atoms with Gasteiger partial charge in [0.15, 0.2) is 11.5 Å². The largest absolute Gasteiger partial charge is 0.454 e. The third-order valence-corrected chi connectivity index (χ3v) is 6.37. The van der Waals surface area contributed by atoms with Crippen LogP contribution in [0.3, 0.4) is 0 Å². The van der Waals surface area contributed by atoms with Crippen LogP contribution in [0.4, 0.5) is 0 Å². The monoisotopic (exact) mass is 414 g/mol. The first-order valence-electron chi connectivity index (χ1n) is 10.9. The molecule has 1 aliphatic carbocycles.